The van der Waals surface area contributed by atoms with Gasteiger partial charge in [0.1, 0.15) is 11.3 Å². The van der Waals surface area contributed by atoms with Gasteiger partial charge in [-0.2, -0.15) is 0 Å². The number of ether oxygens (including phenoxy) is 2. The first-order valence-electron chi connectivity index (χ1n) is 15.6. The minimum absolute atomic E-state index is 0.171. The molecule has 1 atom stereocenters. The van der Waals surface area contributed by atoms with E-state index in [9.17, 15) is 9.59 Å². The predicted molar refractivity (Wildman–Crippen MR) is 158 cm³/mol. The first-order chi connectivity index (χ1) is 18.7. The lowest BCUT2D eigenvalue weighted by molar-refractivity contribution is -0.183. The molecule has 0 bridgehead atoms. The highest BCUT2D eigenvalue weighted by Gasteiger charge is 2.73. The van der Waals surface area contributed by atoms with Crippen molar-refractivity contribution >= 4 is 22.9 Å². The van der Waals surface area contributed by atoms with Gasteiger partial charge in [-0.25, -0.2) is 0 Å². The summed E-state index contributed by atoms with van der Waals surface area (Å²) in [4.78, 5) is 28.0. The van der Waals surface area contributed by atoms with Gasteiger partial charge in [0.2, 0.25) is 0 Å². The maximum atomic E-state index is 14.0. The van der Waals surface area contributed by atoms with Gasteiger partial charge in [0, 0.05) is 22.8 Å². The highest BCUT2D eigenvalue weighted by atomic mass is 16.6. The number of rotatable bonds is 16. The monoisotopic (exact) mass is 540 g/mol. The number of carbonyl (C=O) groups excluding carboxylic acids is 2. The van der Waals surface area contributed by atoms with Crippen molar-refractivity contribution in [2.45, 2.75) is 130 Å². The van der Waals surface area contributed by atoms with E-state index in [0.29, 0.717) is 6.42 Å². The lowest BCUT2D eigenvalue weighted by atomic mass is 9.50. The summed E-state index contributed by atoms with van der Waals surface area (Å²) in [6.07, 6.45) is 14.5. The quantitative estimate of drug-likeness (QED) is 0.121. The molecular formula is C34H52O5. The van der Waals surface area contributed by atoms with E-state index in [1.165, 1.54) is 57.8 Å². The van der Waals surface area contributed by atoms with E-state index in [1.807, 2.05) is 18.2 Å². The Labute approximate surface area is 236 Å². The lowest BCUT2D eigenvalue weighted by Gasteiger charge is -2.51. The van der Waals surface area contributed by atoms with Crippen LogP contribution < -0.4 is 0 Å². The molecule has 1 aromatic heterocycles. The molecule has 1 aliphatic rings. The molecule has 1 aromatic carbocycles. The number of unbranched alkanes of at least 4 members (excludes halogenated alkanes) is 10. The highest BCUT2D eigenvalue weighted by molar-refractivity contribution is 6.05. The average Bonchev–Trinajstić information content (AvgIpc) is 3.40. The van der Waals surface area contributed by atoms with Crippen LogP contribution in [-0.4, -0.2) is 25.2 Å². The largest absolute Gasteiger partial charge is 0.465 e. The summed E-state index contributed by atoms with van der Waals surface area (Å²) in [5.41, 5.74) is -0.938. The summed E-state index contributed by atoms with van der Waals surface area (Å²) in [7, 11) is 0. The molecule has 0 amide bonds. The number of benzene rings is 1. The molecule has 5 nitrogen and oxygen atoms in total. The Morgan fingerprint density at radius 3 is 1.82 bits per heavy atom. The molecule has 3 rings (SSSR count). The molecule has 39 heavy (non-hydrogen) atoms. The van der Waals surface area contributed by atoms with Crippen molar-refractivity contribution in [3.05, 3.63) is 35.6 Å². The second-order valence-electron chi connectivity index (χ2n) is 12.4. The van der Waals surface area contributed by atoms with Crippen molar-refractivity contribution in [2.75, 3.05) is 13.2 Å². The minimum atomic E-state index is -1.48. The molecule has 0 saturated carbocycles. The van der Waals surface area contributed by atoms with Crippen LogP contribution in [0.3, 0.4) is 0 Å². The number of carbonyl (C=O) groups is 2. The van der Waals surface area contributed by atoms with Crippen LogP contribution in [0.5, 0.6) is 0 Å². The van der Waals surface area contributed by atoms with E-state index in [2.05, 4.69) is 33.8 Å². The molecule has 1 heterocycles. The van der Waals surface area contributed by atoms with Gasteiger partial charge in [0.05, 0.1) is 13.2 Å². The zero-order chi connectivity index (χ0) is 28.5. The normalized spacial score (nSPS) is 18.3. The van der Waals surface area contributed by atoms with Crippen LogP contribution in [-0.2, 0) is 30.9 Å². The molecule has 1 aliphatic carbocycles. The first-order valence-corrected chi connectivity index (χ1v) is 15.6. The van der Waals surface area contributed by atoms with Gasteiger partial charge in [0.25, 0.3) is 0 Å². The molecule has 0 spiro atoms. The van der Waals surface area contributed by atoms with Crippen molar-refractivity contribution < 1.29 is 23.5 Å². The molecule has 1 unspecified atom stereocenters. The fourth-order valence-electron chi connectivity index (χ4n) is 7.16. The molecule has 2 aromatic rings. The van der Waals surface area contributed by atoms with E-state index in [1.54, 1.807) is 13.8 Å². The highest BCUT2D eigenvalue weighted by Crippen LogP contribution is 2.65. The summed E-state index contributed by atoms with van der Waals surface area (Å²) in [5.74, 6) is -0.260. The summed E-state index contributed by atoms with van der Waals surface area (Å²) in [6, 6.07) is 8.00. The first kappa shape index (κ1) is 31.2. The molecule has 0 N–H and O–H groups in total. The van der Waals surface area contributed by atoms with Crippen molar-refractivity contribution in [1.29, 1.82) is 0 Å². The molecule has 5 heteroatoms. The third-order valence-electron chi connectivity index (χ3n) is 8.93. The van der Waals surface area contributed by atoms with E-state index in [4.69, 9.17) is 13.9 Å². The van der Waals surface area contributed by atoms with Crippen molar-refractivity contribution in [2.24, 2.45) is 10.8 Å². The summed E-state index contributed by atoms with van der Waals surface area (Å²) in [5, 5.41) is 0.987. The van der Waals surface area contributed by atoms with Gasteiger partial charge in [-0.05, 0) is 31.7 Å². The Hall–Kier alpha value is -2.30. The SMILES string of the molecule is CCCCCCCCCCCCCC1(C(C)(C)C)c2c(oc3ccccc23)CC1(C(=O)OCC)C(=O)OCC. The van der Waals surface area contributed by atoms with Crippen LogP contribution in [0.2, 0.25) is 0 Å². The van der Waals surface area contributed by atoms with Gasteiger partial charge in [-0.1, -0.05) is 117 Å². The predicted octanol–water partition coefficient (Wildman–Crippen LogP) is 9.09. The zero-order valence-corrected chi connectivity index (χ0v) is 25.5. The standard InChI is InChI=1S/C34H52O5/c1-7-10-11-12-13-14-15-16-17-18-21-24-34(32(4,5)6)29-26-22-19-20-23-27(26)39-28(29)25-33(34,30(35)37-8-2)31(36)38-9-3/h19-20,22-23H,7-18,21,24-25H2,1-6H3. The Balaban J connectivity index is 1.92. The van der Waals surface area contributed by atoms with Gasteiger partial charge >= 0.3 is 11.9 Å². The molecule has 0 aliphatic heterocycles. The molecule has 218 valence electrons. The van der Waals surface area contributed by atoms with Crippen LogP contribution in [0.4, 0.5) is 0 Å². The summed E-state index contributed by atoms with van der Waals surface area (Å²) < 4.78 is 17.7. The number of esters is 2. The Kier molecular flexibility index (Phi) is 11.1. The lowest BCUT2D eigenvalue weighted by Crippen LogP contribution is -2.60. The van der Waals surface area contributed by atoms with E-state index in [-0.39, 0.29) is 19.6 Å². The van der Waals surface area contributed by atoms with Crippen LogP contribution in [0.1, 0.15) is 130 Å². The number of hydrogen-bond acceptors (Lipinski definition) is 5. The molecule has 0 radical (unpaired) electrons. The van der Waals surface area contributed by atoms with Gasteiger partial charge in [-0.3, -0.25) is 9.59 Å². The second kappa shape index (κ2) is 13.9. The minimum Gasteiger partial charge on any atom is -0.465 e. The number of fused-ring (bicyclic) bond motifs is 3. The maximum absolute atomic E-state index is 14.0. The van der Waals surface area contributed by atoms with Crippen molar-refractivity contribution in [1.82, 2.24) is 0 Å². The third kappa shape index (κ3) is 6.07. The van der Waals surface area contributed by atoms with Gasteiger partial charge in [0.15, 0.2) is 5.41 Å². The van der Waals surface area contributed by atoms with Gasteiger partial charge in [-0.15, -0.1) is 0 Å². The van der Waals surface area contributed by atoms with E-state index < -0.39 is 28.2 Å². The van der Waals surface area contributed by atoms with Crippen LogP contribution in [0.25, 0.3) is 11.0 Å². The number of furan rings is 1. The topological polar surface area (TPSA) is 65.7 Å². The smallest absolute Gasteiger partial charge is 0.324 e. The fourth-order valence-corrected chi connectivity index (χ4v) is 7.16. The number of hydrogen-bond donors (Lipinski definition) is 0. The average molecular weight is 541 g/mol. The second-order valence-corrected chi connectivity index (χ2v) is 12.4. The summed E-state index contributed by atoms with van der Waals surface area (Å²) in [6.45, 7) is 12.7. The van der Waals surface area contributed by atoms with Crippen molar-refractivity contribution in [3.8, 4) is 0 Å². The van der Waals surface area contributed by atoms with Crippen LogP contribution in [0.15, 0.2) is 28.7 Å². The third-order valence-corrected chi connectivity index (χ3v) is 8.93. The van der Waals surface area contributed by atoms with Crippen LogP contribution in [0, 0.1) is 10.8 Å². The molecule has 0 fully saturated rings. The fraction of sp³-hybridized carbons (Fsp3) is 0.706. The molecule has 0 saturated heterocycles. The summed E-state index contributed by atoms with van der Waals surface area (Å²) >= 11 is 0. The van der Waals surface area contributed by atoms with Crippen molar-refractivity contribution in [3.63, 3.8) is 0 Å². The van der Waals surface area contributed by atoms with E-state index in [0.717, 1.165) is 35.1 Å². The number of para-hydroxylation sites is 1. The zero-order valence-electron chi connectivity index (χ0n) is 25.5. The van der Waals surface area contributed by atoms with Crippen LogP contribution >= 0.6 is 0 Å². The van der Waals surface area contributed by atoms with Gasteiger partial charge < -0.3 is 13.9 Å². The maximum Gasteiger partial charge on any atom is 0.324 e. The molecular weight excluding hydrogens is 488 g/mol. The Bertz CT molecular complexity index is 1060. The Morgan fingerprint density at radius 1 is 0.795 bits per heavy atom. The Morgan fingerprint density at radius 2 is 1.31 bits per heavy atom. The van der Waals surface area contributed by atoms with E-state index >= 15 is 0 Å².